The summed E-state index contributed by atoms with van der Waals surface area (Å²) < 4.78 is 12.8. The number of carbonyl (C=O) groups is 1. The molecule has 116 valence electrons. The smallest absolute Gasteiger partial charge is 0.270 e. The molecule has 6 heteroatoms. The number of nitrogens with zero attached hydrogens (tertiary/aromatic N) is 2. The van der Waals surface area contributed by atoms with Crippen LogP contribution in [-0.2, 0) is 6.42 Å². The van der Waals surface area contributed by atoms with Crippen LogP contribution in [-0.4, -0.2) is 28.5 Å². The quantitative estimate of drug-likeness (QED) is 0.860. The minimum atomic E-state index is -0.265. The number of hydrogen-bond acceptors (Lipinski definition) is 4. The van der Waals surface area contributed by atoms with Crippen LogP contribution in [0.2, 0.25) is 0 Å². The highest BCUT2D eigenvalue weighted by Crippen LogP contribution is 2.06. The number of benzene rings is 1. The molecule has 22 heavy (non-hydrogen) atoms. The van der Waals surface area contributed by atoms with Gasteiger partial charge in [0, 0.05) is 18.7 Å². The zero-order chi connectivity index (χ0) is 15.9. The Morgan fingerprint density at radius 1 is 1.23 bits per heavy atom. The maximum Gasteiger partial charge on any atom is 0.270 e. The van der Waals surface area contributed by atoms with E-state index in [1.165, 1.54) is 18.5 Å². The van der Waals surface area contributed by atoms with Gasteiger partial charge in [0.1, 0.15) is 23.7 Å². The lowest BCUT2D eigenvalue weighted by Crippen LogP contribution is -2.27. The van der Waals surface area contributed by atoms with Crippen LogP contribution in [0.15, 0.2) is 36.7 Å². The highest BCUT2D eigenvalue weighted by Gasteiger charge is 2.08. The molecule has 1 amide bonds. The highest BCUT2D eigenvalue weighted by molar-refractivity contribution is 5.92. The lowest BCUT2D eigenvalue weighted by molar-refractivity contribution is 0.0949. The Kier molecular flexibility index (Phi) is 5.41. The molecular formula is C16H19FN4O. The van der Waals surface area contributed by atoms with Gasteiger partial charge in [-0.15, -0.1) is 0 Å². The maximum atomic E-state index is 12.8. The maximum absolute atomic E-state index is 12.8. The lowest BCUT2D eigenvalue weighted by atomic mass is 10.1. The summed E-state index contributed by atoms with van der Waals surface area (Å²) in [7, 11) is 0. The summed E-state index contributed by atoms with van der Waals surface area (Å²) in [6.45, 7) is 4.44. The van der Waals surface area contributed by atoms with Gasteiger partial charge in [-0.05, 0) is 38.0 Å². The molecule has 1 aromatic carbocycles. The van der Waals surface area contributed by atoms with Crippen molar-refractivity contribution in [1.82, 2.24) is 15.3 Å². The van der Waals surface area contributed by atoms with Gasteiger partial charge in [-0.25, -0.2) is 14.4 Å². The normalized spacial score (nSPS) is 10.5. The first-order valence-electron chi connectivity index (χ1n) is 7.16. The number of rotatable bonds is 6. The van der Waals surface area contributed by atoms with Gasteiger partial charge in [0.15, 0.2) is 0 Å². The number of aromatic nitrogens is 2. The summed E-state index contributed by atoms with van der Waals surface area (Å²) in [6, 6.07) is 8.07. The topological polar surface area (TPSA) is 66.9 Å². The van der Waals surface area contributed by atoms with Gasteiger partial charge in [-0.1, -0.05) is 12.1 Å². The second-order valence-corrected chi connectivity index (χ2v) is 5.22. The van der Waals surface area contributed by atoms with Crippen LogP contribution in [0.1, 0.15) is 29.9 Å². The van der Waals surface area contributed by atoms with E-state index in [1.807, 2.05) is 13.8 Å². The Hall–Kier alpha value is -2.50. The Labute approximate surface area is 129 Å². The average Bonchev–Trinajstić information content (AvgIpc) is 2.49. The number of amides is 1. The van der Waals surface area contributed by atoms with E-state index in [-0.39, 0.29) is 17.8 Å². The molecular weight excluding hydrogens is 283 g/mol. The van der Waals surface area contributed by atoms with Crippen molar-refractivity contribution in [2.24, 2.45) is 0 Å². The third-order valence-corrected chi connectivity index (χ3v) is 2.95. The number of anilines is 1. The minimum Gasteiger partial charge on any atom is -0.368 e. The molecule has 0 spiro atoms. The second kappa shape index (κ2) is 7.49. The van der Waals surface area contributed by atoms with E-state index in [4.69, 9.17) is 0 Å². The summed E-state index contributed by atoms with van der Waals surface area (Å²) in [6.07, 6.45) is 1.99. The number of carbonyl (C=O) groups excluding carboxylic acids is 1. The molecule has 2 rings (SSSR count). The minimum absolute atomic E-state index is 0.226. The molecule has 0 radical (unpaired) electrons. The highest BCUT2D eigenvalue weighted by atomic mass is 19.1. The van der Waals surface area contributed by atoms with Crippen LogP contribution in [0.25, 0.3) is 0 Å². The molecule has 0 fully saturated rings. The second-order valence-electron chi connectivity index (χ2n) is 5.22. The largest absolute Gasteiger partial charge is 0.368 e. The van der Waals surface area contributed by atoms with E-state index in [2.05, 4.69) is 20.6 Å². The van der Waals surface area contributed by atoms with Crippen LogP contribution >= 0.6 is 0 Å². The Morgan fingerprint density at radius 3 is 2.64 bits per heavy atom. The molecule has 5 nitrogen and oxygen atoms in total. The zero-order valence-electron chi connectivity index (χ0n) is 12.6. The predicted molar refractivity (Wildman–Crippen MR) is 83.2 cm³/mol. The van der Waals surface area contributed by atoms with Crippen LogP contribution in [0, 0.1) is 5.82 Å². The van der Waals surface area contributed by atoms with Gasteiger partial charge in [0.2, 0.25) is 0 Å². The molecule has 2 N–H and O–H groups in total. The Bertz CT molecular complexity index is 628. The lowest BCUT2D eigenvalue weighted by Gasteiger charge is -2.09. The number of nitrogens with one attached hydrogen (secondary N) is 2. The summed E-state index contributed by atoms with van der Waals surface area (Å²) in [5.74, 6) is 0.101. The molecule has 0 unspecified atom stereocenters. The van der Waals surface area contributed by atoms with Crippen molar-refractivity contribution in [3.05, 3.63) is 53.7 Å². The van der Waals surface area contributed by atoms with Gasteiger partial charge >= 0.3 is 0 Å². The molecule has 1 aromatic heterocycles. The molecule has 0 saturated carbocycles. The first kappa shape index (κ1) is 15.9. The van der Waals surface area contributed by atoms with Crippen LogP contribution < -0.4 is 10.6 Å². The summed E-state index contributed by atoms with van der Waals surface area (Å²) >= 11 is 0. The number of hydrogen-bond donors (Lipinski definition) is 2. The Morgan fingerprint density at radius 2 is 1.95 bits per heavy atom. The molecule has 2 aromatic rings. The van der Waals surface area contributed by atoms with Crippen LogP contribution in [0.5, 0.6) is 0 Å². The third kappa shape index (κ3) is 4.80. The molecule has 0 atom stereocenters. The Balaban J connectivity index is 1.88. The fraction of sp³-hybridized carbons (Fsp3) is 0.312. The summed E-state index contributed by atoms with van der Waals surface area (Å²) in [4.78, 5) is 20.1. The molecule has 0 aliphatic rings. The molecule has 0 saturated heterocycles. The van der Waals surface area contributed by atoms with Gasteiger partial charge in [-0.2, -0.15) is 0 Å². The predicted octanol–water partition coefficient (Wildman–Crippen LogP) is 2.41. The van der Waals surface area contributed by atoms with Crippen molar-refractivity contribution in [1.29, 1.82) is 0 Å². The van der Waals surface area contributed by atoms with Gasteiger partial charge < -0.3 is 10.6 Å². The zero-order valence-corrected chi connectivity index (χ0v) is 12.6. The molecule has 0 aliphatic heterocycles. The molecule has 1 heterocycles. The fourth-order valence-corrected chi connectivity index (χ4v) is 1.92. The van der Waals surface area contributed by atoms with E-state index in [9.17, 15) is 9.18 Å². The SMILES string of the molecule is CC(C)Nc1cc(C(=O)NCCc2ccc(F)cc2)ncn1. The first-order chi connectivity index (χ1) is 10.5. The van der Waals surface area contributed by atoms with Crippen molar-refractivity contribution >= 4 is 11.7 Å². The standard InChI is InChI=1S/C16H19FN4O/c1-11(2)21-15-9-14(19-10-20-15)16(22)18-8-7-12-3-5-13(17)6-4-12/h3-6,9-11H,7-8H2,1-2H3,(H,18,22)(H,19,20,21). The fourth-order valence-electron chi connectivity index (χ4n) is 1.92. The van der Waals surface area contributed by atoms with Crippen molar-refractivity contribution in [2.75, 3.05) is 11.9 Å². The molecule has 0 aliphatic carbocycles. The monoisotopic (exact) mass is 302 g/mol. The van der Waals surface area contributed by atoms with E-state index in [1.54, 1.807) is 18.2 Å². The van der Waals surface area contributed by atoms with Crippen LogP contribution in [0.3, 0.4) is 0 Å². The van der Waals surface area contributed by atoms with E-state index >= 15 is 0 Å². The van der Waals surface area contributed by atoms with Gasteiger partial charge in [-0.3, -0.25) is 4.79 Å². The van der Waals surface area contributed by atoms with Crippen molar-refractivity contribution in [3.8, 4) is 0 Å². The first-order valence-corrected chi connectivity index (χ1v) is 7.16. The van der Waals surface area contributed by atoms with E-state index in [0.29, 0.717) is 24.5 Å². The van der Waals surface area contributed by atoms with Crippen molar-refractivity contribution in [2.45, 2.75) is 26.3 Å². The summed E-state index contributed by atoms with van der Waals surface area (Å²) in [5, 5.41) is 5.91. The van der Waals surface area contributed by atoms with Crippen molar-refractivity contribution in [3.63, 3.8) is 0 Å². The van der Waals surface area contributed by atoms with Gasteiger partial charge in [0.05, 0.1) is 0 Å². The summed E-state index contributed by atoms with van der Waals surface area (Å²) in [5.41, 5.74) is 1.28. The van der Waals surface area contributed by atoms with E-state index in [0.717, 1.165) is 5.56 Å². The molecule has 0 bridgehead atoms. The van der Waals surface area contributed by atoms with Gasteiger partial charge in [0.25, 0.3) is 5.91 Å². The van der Waals surface area contributed by atoms with Crippen LogP contribution in [0.4, 0.5) is 10.2 Å². The number of halogens is 1. The average molecular weight is 302 g/mol. The van der Waals surface area contributed by atoms with E-state index < -0.39 is 0 Å². The van der Waals surface area contributed by atoms with Crippen molar-refractivity contribution < 1.29 is 9.18 Å². The third-order valence-electron chi connectivity index (χ3n) is 2.95.